The second-order valence-corrected chi connectivity index (χ2v) is 5.23. The predicted molar refractivity (Wildman–Crippen MR) is 55.1 cm³/mol. The van der Waals surface area contributed by atoms with Crippen LogP contribution in [0.4, 0.5) is 4.79 Å². The number of urea groups is 1. The Hall–Kier alpha value is -1.06. The van der Waals surface area contributed by atoms with Gasteiger partial charge in [-0.15, -0.1) is 0 Å². The standard InChI is InChI=1S/C10H17N3O/c1-9(2)5-6(9)10(3)7(11)12-8(14)13(10)4/h6H,5H2,1-4H3,(H2,11,12,14). The van der Waals surface area contributed by atoms with Gasteiger partial charge in [-0.05, 0) is 24.7 Å². The largest absolute Gasteiger partial charge is 0.385 e. The normalized spacial score (nSPS) is 40.0. The molecule has 0 saturated heterocycles. The second kappa shape index (κ2) is 2.30. The summed E-state index contributed by atoms with van der Waals surface area (Å²) < 4.78 is 0. The summed E-state index contributed by atoms with van der Waals surface area (Å²) in [5.41, 5.74) is 5.77. The number of nitrogens with zero attached hydrogens (tertiary/aromatic N) is 2. The van der Waals surface area contributed by atoms with E-state index in [4.69, 9.17) is 5.73 Å². The van der Waals surface area contributed by atoms with E-state index >= 15 is 0 Å². The summed E-state index contributed by atoms with van der Waals surface area (Å²) in [5, 5.41) is 0. The van der Waals surface area contributed by atoms with Crippen LogP contribution in [0.25, 0.3) is 0 Å². The maximum absolute atomic E-state index is 11.4. The Morgan fingerprint density at radius 2 is 2.00 bits per heavy atom. The third kappa shape index (κ3) is 0.938. The van der Waals surface area contributed by atoms with Crippen molar-refractivity contribution >= 4 is 11.9 Å². The van der Waals surface area contributed by atoms with Gasteiger partial charge in [-0.25, -0.2) is 4.79 Å². The summed E-state index contributed by atoms with van der Waals surface area (Å²) in [7, 11) is 1.78. The molecule has 78 valence electrons. The molecule has 1 aliphatic heterocycles. The quantitative estimate of drug-likeness (QED) is 0.683. The molecule has 2 aliphatic rings. The Kier molecular flexibility index (Phi) is 1.56. The molecular formula is C10H17N3O. The Morgan fingerprint density at radius 3 is 2.29 bits per heavy atom. The Balaban J connectivity index is 2.33. The highest BCUT2D eigenvalue weighted by Crippen LogP contribution is 2.59. The summed E-state index contributed by atoms with van der Waals surface area (Å²) in [6.07, 6.45) is 1.11. The van der Waals surface area contributed by atoms with Gasteiger partial charge >= 0.3 is 6.03 Å². The van der Waals surface area contributed by atoms with Crippen LogP contribution in [0.15, 0.2) is 4.99 Å². The molecule has 0 bridgehead atoms. The minimum absolute atomic E-state index is 0.215. The van der Waals surface area contributed by atoms with Crippen LogP contribution in [-0.4, -0.2) is 29.4 Å². The molecule has 2 unspecified atom stereocenters. The topological polar surface area (TPSA) is 58.7 Å². The van der Waals surface area contributed by atoms with E-state index in [2.05, 4.69) is 18.8 Å². The molecule has 2 atom stereocenters. The third-order valence-corrected chi connectivity index (χ3v) is 3.91. The van der Waals surface area contributed by atoms with E-state index in [1.165, 1.54) is 0 Å². The fraction of sp³-hybridized carbons (Fsp3) is 0.800. The lowest BCUT2D eigenvalue weighted by Crippen LogP contribution is -2.52. The van der Waals surface area contributed by atoms with E-state index in [-0.39, 0.29) is 17.0 Å². The molecule has 14 heavy (non-hydrogen) atoms. The van der Waals surface area contributed by atoms with Gasteiger partial charge in [0.1, 0.15) is 11.4 Å². The molecule has 4 nitrogen and oxygen atoms in total. The number of amidine groups is 1. The first-order chi connectivity index (χ1) is 6.30. The van der Waals surface area contributed by atoms with Crippen molar-refractivity contribution in [2.45, 2.75) is 32.7 Å². The molecule has 2 rings (SSSR count). The molecule has 0 aromatic rings. The first-order valence-corrected chi connectivity index (χ1v) is 4.92. The maximum Gasteiger partial charge on any atom is 0.345 e. The lowest BCUT2D eigenvalue weighted by atomic mass is 9.89. The highest BCUT2D eigenvalue weighted by molar-refractivity contribution is 6.06. The number of hydrogen-bond donors (Lipinski definition) is 1. The van der Waals surface area contributed by atoms with Crippen LogP contribution >= 0.6 is 0 Å². The fourth-order valence-electron chi connectivity index (χ4n) is 2.50. The third-order valence-electron chi connectivity index (χ3n) is 3.91. The summed E-state index contributed by atoms with van der Waals surface area (Å²) in [5.74, 6) is 0.913. The molecule has 4 heteroatoms. The van der Waals surface area contributed by atoms with Crippen LogP contribution in [0.2, 0.25) is 0 Å². The molecule has 1 heterocycles. The number of carbonyl (C=O) groups is 1. The van der Waals surface area contributed by atoms with Gasteiger partial charge in [0.15, 0.2) is 0 Å². The molecule has 1 saturated carbocycles. The molecular weight excluding hydrogens is 178 g/mol. The molecule has 0 spiro atoms. The molecule has 2 N–H and O–H groups in total. The van der Waals surface area contributed by atoms with Crippen LogP contribution in [0.3, 0.4) is 0 Å². The highest BCUT2D eigenvalue weighted by atomic mass is 16.2. The molecule has 0 aromatic carbocycles. The van der Waals surface area contributed by atoms with Crippen LogP contribution < -0.4 is 5.73 Å². The summed E-state index contributed by atoms with van der Waals surface area (Å²) in [4.78, 5) is 16.9. The number of rotatable bonds is 1. The summed E-state index contributed by atoms with van der Waals surface area (Å²) >= 11 is 0. The lowest BCUT2D eigenvalue weighted by molar-refractivity contribution is 0.180. The van der Waals surface area contributed by atoms with Gasteiger partial charge in [-0.1, -0.05) is 13.8 Å². The van der Waals surface area contributed by atoms with E-state index in [0.717, 1.165) is 6.42 Å². The van der Waals surface area contributed by atoms with Crippen LogP contribution in [-0.2, 0) is 0 Å². The molecule has 2 amide bonds. The van der Waals surface area contributed by atoms with Crippen LogP contribution in [0.5, 0.6) is 0 Å². The van der Waals surface area contributed by atoms with E-state index in [1.807, 2.05) is 6.92 Å². The first kappa shape index (κ1) is 9.49. The van der Waals surface area contributed by atoms with Crippen molar-refractivity contribution in [2.24, 2.45) is 22.1 Å². The number of aliphatic imine (C=N–C) groups is 1. The lowest BCUT2D eigenvalue weighted by Gasteiger charge is -2.33. The average molecular weight is 195 g/mol. The van der Waals surface area contributed by atoms with Gasteiger partial charge in [-0.2, -0.15) is 4.99 Å². The average Bonchev–Trinajstić information content (AvgIpc) is 2.66. The van der Waals surface area contributed by atoms with E-state index < -0.39 is 0 Å². The van der Waals surface area contributed by atoms with Crippen molar-refractivity contribution in [1.82, 2.24) is 4.90 Å². The summed E-state index contributed by atoms with van der Waals surface area (Å²) in [6.45, 7) is 6.41. The van der Waals surface area contributed by atoms with Crippen LogP contribution in [0.1, 0.15) is 27.2 Å². The van der Waals surface area contributed by atoms with Gasteiger partial charge in [-0.3, -0.25) is 0 Å². The Labute approximate surface area is 84.2 Å². The molecule has 0 radical (unpaired) electrons. The molecule has 1 fully saturated rings. The highest BCUT2D eigenvalue weighted by Gasteiger charge is 2.62. The van der Waals surface area contributed by atoms with Crippen molar-refractivity contribution in [2.75, 3.05) is 7.05 Å². The van der Waals surface area contributed by atoms with Gasteiger partial charge in [0.25, 0.3) is 0 Å². The number of amides is 2. The van der Waals surface area contributed by atoms with Crippen molar-refractivity contribution < 1.29 is 4.79 Å². The predicted octanol–water partition coefficient (Wildman–Crippen LogP) is 1.21. The van der Waals surface area contributed by atoms with Crippen molar-refractivity contribution in [3.05, 3.63) is 0 Å². The van der Waals surface area contributed by atoms with Crippen molar-refractivity contribution in [1.29, 1.82) is 0 Å². The van der Waals surface area contributed by atoms with E-state index in [9.17, 15) is 4.79 Å². The SMILES string of the molecule is CN1C(=O)N=C(N)C1(C)C1CC1(C)C. The second-order valence-electron chi connectivity index (χ2n) is 5.23. The maximum atomic E-state index is 11.4. The Morgan fingerprint density at radius 1 is 1.50 bits per heavy atom. The zero-order valence-electron chi connectivity index (χ0n) is 9.16. The minimum atomic E-state index is -0.361. The molecule has 1 aliphatic carbocycles. The summed E-state index contributed by atoms with van der Waals surface area (Å²) in [6, 6.07) is -0.215. The monoisotopic (exact) mass is 195 g/mol. The van der Waals surface area contributed by atoms with Gasteiger partial charge in [0, 0.05) is 7.05 Å². The number of likely N-dealkylation sites (N-methyl/N-ethyl adjacent to an activating group) is 1. The van der Waals surface area contributed by atoms with E-state index in [0.29, 0.717) is 11.8 Å². The van der Waals surface area contributed by atoms with Crippen molar-refractivity contribution in [3.63, 3.8) is 0 Å². The van der Waals surface area contributed by atoms with Gasteiger partial charge in [0.05, 0.1) is 0 Å². The fourth-order valence-corrected chi connectivity index (χ4v) is 2.50. The number of nitrogens with two attached hydrogens (primary N) is 1. The zero-order chi connectivity index (χ0) is 10.7. The zero-order valence-corrected chi connectivity index (χ0v) is 9.16. The van der Waals surface area contributed by atoms with Crippen molar-refractivity contribution in [3.8, 4) is 0 Å². The van der Waals surface area contributed by atoms with Gasteiger partial charge < -0.3 is 10.6 Å². The smallest absolute Gasteiger partial charge is 0.345 e. The van der Waals surface area contributed by atoms with E-state index in [1.54, 1.807) is 11.9 Å². The first-order valence-electron chi connectivity index (χ1n) is 4.92. The number of carbonyl (C=O) groups excluding carboxylic acids is 1. The Bertz CT molecular complexity index is 334. The van der Waals surface area contributed by atoms with Gasteiger partial charge in [0.2, 0.25) is 0 Å². The number of hydrogen-bond acceptors (Lipinski definition) is 2. The minimum Gasteiger partial charge on any atom is -0.385 e. The molecule has 0 aromatic heterocycles. The van der Waals surface area contributed by atoms with Crippen LogP contribution in [0, 0.1) is 11.3 Å².